The van der Waals surface area contributed by atoms with Gasteiger partial charge in [0.1, 0.15) is 0 Å². The zero-order chi connectivity index (χ0) is 16.7. The van der Waals surface area contributed by atoms with E-state index in [0.29, 0.717) is 25.4 Å². The molecule has 1 aliphatic heterocycles. The Morgan fingerprint density at radius 3 is 2.52 bits per heavy atom. The highest BCUT2D eigenvalue weighted by molar-refractivity contribution is 8.00. The molecule has 1 heterocycles. The smallest absolute Gasteiger partial charge is 0.409 e. The normalized spacial score (nSPS) is 15.3. The second-order valence-corrected chi connectivity index (χ2v) is 6.68. The highest BCUT2D eigenvalue weighted by Gasteiger charge is 2.24. The van der Waals surface area contributed by atoms with Crippen molar-refractivity contribution in [2.24, 2.45) is 0 Å². The van der Waals surface area contributed by atoms with Gasteiger partial charge in [0.15, 0.2) is 0 Å². The maximum absolute atomic E-state index is 12.0. The molecule has 23 heavy (non-hydrogen) atoms. The highest BCUT2D eigenvalue weighted by Crippen LogP contribution is 2.18. The van der Waals surface area contributed by atoms with Crippen molar-refractivity contribution in [2.75, 3.05) is 25.4 Å². The summed E-state index contributed by atoms with van der Waals surface area (Å²) in [6.07, 6.45) is 1.30. The standard InChI is InChI=1S/C17H24N2O3S/c1-3-22-17(21)19-10-8-14(9-11-19)18-16(20)12-23-15-6-4-13(2)5-7-15/h4-7,14H,3,8-12H2,1-2H3,(H,18,20). The largest absolute Gasteiger partial charge is 0.450 e. The van der Waals surface area contributed by atoms with Gasteiger partial charge in [-0.25, -0.2) is 4.79 Å². The van der Waals surface area contributed by atoms with Crippen molar-refractivity contribution in [2.45, 2.75) is 37.6 Å². The van der Waals surface area contributed by atoms with Crippen molar-refractivity contribution >= 4 is 23.8 Å². The summed E-state index contributed by atoms with van der Waals surface area (Å²) in [6, 6.07) is 8.30. The van der Waals surface area contributed by atoms with Crippen LogP contribution in [-0.2, 0) is 9.53 Å². The van der Waals surface area contributed by atoms with E-state index in [-0.39, 0.29) is 18.0 Å². The average Bonchev–Trinajstić information content (AvgIpc) is 2.55. The molecular weight excluding hydrogens is 312 g/mol. The molecular formula is C17H24N2O3S. The molecule has 1 aliphatic rings. The molecule has 2 amide bonds. The fourth-order valence-corrected chi connectivity index (χ4v) is 3.18. The maximum atomic E-state index is 12.0. The van der Waals surface area contributed by atoms with E-state index in [2.05, 4.69) is 5.32 Å². The molecule has 6 heteroatoms. The van der Waals surface area contributed by atoms with Gasteiger partial charge in [-0.3, -0.25) is 4.79 Å². The van der Waals surface area contributed by atoms with E-state index in [9.17, 15) is 9.59 Å². The van der Waals surface area contributed by atoms with Crippen molar-refractivity contribution in [1.82, 2.24) is 10.2 Å². The molecule has 0 aliphatic carbocycles. The van der Waals surface area contributed by atoms with Crippen molar-refractivity contribution in [3.8, 4) is 0 Å². The first-order valence-corrected chi connectivity index (χ1v) is 8.97. The van der Waals surface area contributed by atoms with Crippen LogP contribution in [-0.4, -0.2) is 48.4 Å². The Labute approximate surface area is 141 Å². The number of hydrogen-bond acceptors (Lipinski definition) is 4. The number of amides is 2. The number of ether oxygens (including phenoxy) is 1. The second kappa shape index (κ2) is 8.82. The zero-order valence-corrected chi connectivity index (χ0v) is 14.5. The minimum Gasteiger partial charge on any atom is -0.450 e. The molecule has 0 unspecified atom stereocenters. The summed E-state index contributed by atoms with van der Waals surface area (Å²) >= 11 is 1.54. The number of rotatable bonds is 5. The fourth-order valence-electron chi connectivity index (χ4n) is 2.47. The van der Waals surface area contributed by atoms with Crippen molar-refractivity contribution in [1.29, 1.82) is 0 Å². The van der Waals surface area contributed by atoms with Gasteiger partial charge in [0.2, 0.25) is 5.91 Å². The molecule has 1 aromatic rings. The van der Waals surface area contributed by atoms with Gasteiger partial charge in [-0.1, -0.05) is 17.7 Å². The van der Waals surface area contributed by atoms with E-state index in [4.69, 9.17) is 4.74 Å². The van der Waals surface area contributed by atoms with E-state index in [1.807, 2.05) is 31.2 Å². The van der Waals surface area contributed by atoms with Crippen LogP contribution < -0.4 is 5.32 Å². The number of thioether (sulfide) groups is 1. The van der Waals surface area contributed by atoms with Gasteiger partial charge in [0.05, 0.1) is 12.4 Å². The van der Waals surface area contributed by atoms with E-state index >= 15 is 0 Å². The number of likely N-dealkylation sites (tertiary alicyclic amines) is 1. The first-order valence-electron chi connectivity index (χ1n) is 7.99. The Hall–Kier alpha value is -1.69. The first kappa shape index (κ1) is 17.7. The summed E-state index contributed by atoms with van der Waals surface area (Å²) in [5, 5.41) is 3.05. The maximum Gasteiger partial charge on any atom is 0.409 e. The molecule has 0 spiro atoms. The van der Waals surface area contributed by atoms with Crippen LogP contribution in [0, 0.1) is 6.92 Å². The van der Waals surface area contributed by atoms with E-state index in [1.54, 1.807) is 23.6 Å². The van der Waals surface area contributed by atoms with Crippen LogP contribution in [0.15, 0.2) is 29.2 Å². The predicted octanol–water partition coefficient (Wildman–Crippen LogP) is 2.82. The van der Waals surface area contributed by atoms with E-state index in [0.717, 1.165) is 17.7 Å². The third-order valence-corrected chi connectivity index (χ3v) is 4.79. The number of benzene rings is 1. The average molecular weight is 336 g/mol. The molecule has 0 bridgehead atoms. The molecule has 0 aromatic heterocycles. The van der Waals surface area contributed by atoms with Crippen LogP contribution >= 0.6 is 11.8 Å². The van der Waals surface area contributed by atoms with Crippen LogP contribution in [0.1, 0.15) is 25.3 Å². The molecule has 1 aromatic carbocycles. The molecule has 0 saturated carbocycles. The SMILES string of the molecule is CCOC(=O)N1CCC(NC(=O)CSc2ccc(C)cc2)CC1. The van der Waals surface area contributed by atoms with Crippen LogP contribution in [0.5, 0.6) is 0 Å². The van der Waals surface area contributed by atoms with Gasteiger partial charge in [0, 0.05) is 24.0 Å². The number of aryl methyl sites for hydroxylation is 1. The van der Waals surface area contributed by atoms with Gasteiger partial charge in [-0.05, 0) is 38.8 Å². The molecule has 2 rings (SSSR count). The van der Waals surface area contributed by atoms with Gasteiger partial charge in [-0.2, -0.15) is 0 Å². The number of nitrogens with zero attached hydrogens (tertiary/aromatic N) is 1. The summed E-state index contributed by atoms with van der Waals surface area (Å²) in [6.45, 7) is 5.51. The molecule has 1 fully saturated rings. The van der Waals surface area contributed by atoms with Crippen LogP contribution in [0.2, 0.25) is 0 Å². The lowest BCUT2D eigenvalue weighted by molar-refractivity contribution is -0.119. The Bertz CT molecular complexity index is 525. The lowest BCUT2D eigenvalue weighted by atomic mass is 10.1. The number of piperidine rings is 1. The molecule has 0 radical (unpaired) electrons. The van der Waals surface area contributed by atoms with Gasteiger partial charge in [-0.15, -0.1) is 11.8 Å². The number of carbonyl (C=O) groups is 2. The molecule has 126 valence electrons. The van der Waals surface area contributed by atoms with E-state index < -0.39 is 0 Å². The van der Waals surface area contributed by atoms with Crippen LogP contribution in [0.3, 0.4) is 0 Å². The van der Waals surface area contributed by atoms with Crippen LogP contribution in [0.4, 0.5) is 4.79 Å². The third kappa shape index (κ3) is 5.78. The Morgan fingerprint density at radius 1 is 1.26 bits per heavy atom. The summed E-state index contributed by atoms with van der Waals surface area (Å²) < 4.78 is 4.99. The van der Waals surface area contributed by atoms with Crippen molar-refractivity contribution < 1.29 is 14.3 Å². The predicted molar refractivity (Wildman–Crippen MR) is 91.7 cm³/mol. The lowest BCUT2D eigenvalue weighted by Crippen LogP contribution is -2.47. The van der Waals surface area contributed by atoms with Crippen molar-refractivity contribution in [3.63, 3.8) is 0 Å². The molecule has 1 saturated heterocycles. The summed E-state index contributed by atoms with van der Waals surface area (Å²) in [5.41, 5.74) is 1.21. The number of hydrogen-bond donors (Lipinski definition) is 1. The summed E-state index contributed by atoms with van der Waals surface area (Å²) in [7, 11) is 0. The lowest BCUT2D eigenvalue weighted by Gasteiger charge is -2.31. The molecule has 0 atom stereocenters. The third-order valence-electron chi connectivity index (χ3n) is 3.78. The van der Waals surface area contributed by atoms with Gasteiger partial charge < -0.3 is 15.0 Å². The van der Waals surface area contributed by atoms with Gasteiger partial charge >= 0.3 is 6.09 Å². The number of nitrogens with one attached hydrogen (secondary N) is 1. The molecule has 1 N–H and O–H groups in total. The second-order valence-electron chi connectivity index (χ2n) is 5.63. The van der Waals surface area contributed by atoms with Crippen LogP contribution in [0.25, 0.3) is 0 Å². The van der Waals surface area contributed by atoms with Crippen molar-refractivity contribution in [3.05, 3.63) is 29.8 Å². The topological polar surface area (TPSA) is 58.6 Å². The minimum atomic E-state index is -0.257. The summed E-state index contributed by atoms with van der Waals surface area (Å²) in [4.78, 5) is 26.5. The Kier molecular flexibility index (Phi) is 6.77. The monoisotopic (exact) mass is 336 g/mol. The first-order chi connectivity index (χ1) is 11.1. The van der Waals surface area contributed by atoms with E-state index in [1.165, 1.54) is 5.56 Å². The minimum absolute atomic E-state index is 0.0464. The Morgan fingerprint density at radius 2 is 1.91 bits per heavy atom. The highest BCUT2D eigenvalue weighted by atomic mass is 32.2. The van der Waals surface area contributed by atoms with Gasteiger partial charge in [0.25, 0.3) is 0 Å². The zero-order valence-electron chi connectivity index (χ0n) is 13.7. The fraction of sp³-hybridized carbons (Fsp3) is 0.529. The molecule has 5 nitrogen and oxygen atoms in total. The summed E-state index contributed by atoms with van der Waals surface area (Å²) in [5.74, 6) is 0.464. The Balaban J connectivity index is 1.68. The number of carbonyl (C=O) groups excluding carboxylic acids is 2. The quantitative estimate of drug-likeness (QED) is 0.840.